The lowest BCUT2D eigenvalue weighted by molar-refractivity contribution is 0.340. The van der Waals surface area contributed by atoms with E-state index in [9.17, 15) is 0 Å². The van der Waals surface area contributed by atoms with Crippen molar-refractivity contribution < 1.29 is 4.74 Å². The van der Waals surface area contributed by atoms with Crippen molar-refractivity contribution in [2.45, 2.75) is 13.8 Å². The van der Waals surface area contributed by atoms with E-state index in [2.05, 4.69) is 34.6 Å². The Morgan fingerprint density at radius 1 is 1.17 bits per heavy atom. The summed E-state index contributed by atoms with van der Waals surface area (Å²) in [4.78, 5) is 5.79. The Labute approximate surface area is 145 Å². The molecule has 0 atom stereocenters. The molecule has 0 unspecified atom stereocenters. The lowest BCUT2D eigenvalue weighted by atomic mass is 10.1. The van der Waals surface area contributed by atoms with E-state index in [0.29, 0.717) is 6.61 Å². The number of rotatable bonds is 6. The molecule has 0 spiro atoms. The first-order chi connectivity index (χ1) is 11.8. The number of nitrogens with one attached hydrogen (secondary N) is 1. The Hall–Kier alpha value is -2.66. The van der Waals surface area contributed by atoms with Crippen molar-refractivity contribution in [2.75, 3.05) is 12.0 Å². The molecule has 0 aliphatic carbocycles. The van der Waals surface area contributed by atoms with Gasteiger partial charge in [-0.3, -0.25) is 5.43 Å². The molecule has 1 N–H and O–H groups in total. The highest BCUT2D eigenvalue weighted by atomic mass is 32.1. The topological polar surface area (TPSA) is 46.5 Å². The van der Waals surface area contributed by atoms with Crippen molar-refractivity contribution in [2.24, 2.45) is 5.10 Å². The summed E-state index contributed by atoms with van der Waals surface area (Å²) in [5.41, 5.74) is 6.10. The van der Waals surface area contributed by atoms with Crippen LogP contribution in [0.1, 0.15) is 17.4 Å². The molecule has 0 aliphatic heterocycles. The first kappa shape index (κ1) is 16.2. The Morgan fingerprint density at radius 2 is 2.00 bits per heavy atom. The van der Waals surface area contributed by atoms with Crippen molar-refractivity contribution in [1.29, 1.82) is 0 Å². The first-order valence-electron chi connectivity index (χ1n) is 7.81. The smallest absolute Gasteiger partial charge is 0.204 e. The third-order valence-corrected chi connectivity index (χ3v) is 4.26. The molecular formula is C19H19N3OS. The number of hydrazone groups is 1. The number of aryl methyl sites for hydroxylation is 1. The fourth-order valence-corrected chi connectivity index (χ4v) is 3.11. The van der Waals surface area contributed by atoms with E-state index in [0.717, 1.165) is 32.6 Å². The second-order valence-corrected chi connectivity index (χ2v) is 6.37. The molecule has 0 radical (unpaired) electrons. The summed E-state index contributed by atoms with van der Waals surface area (Å²) in [5, 5.41) is 5.06. The number of aromatic nitrogens is 1. The number of ether oxygens (including phenoxy) is 1. The average Bonchev–Trinajstić information content (AvgIpc) is 2.97. The lowest BCUT2D eigenvalue weighted by Gasteiger charge is -2.02. The average molecular weight is 337 g/mol. The zero-order valence-electron chi connectivity index (χ0n) is 13.7. The molecule has 1 heterocycles. The van der Waals surface area contributed by atoms with Gasteiger partial charge in [0.25, 0.3) is 0 Å². The lowest BCUT2D eigenvalue weighted by Crippen LogP contribution is -1.93. The summed E-state index contributed by atoms with van der Waals surface area (Å²) in [6.45, 7) is 4.69. The maximum atomic E-state index is 5.49. The Balaban J connectivity index is 1.70. The third kappa shape index (κ3) is 4.00. The van der Waals surface area contributed by atoms with Gasteiger partial charge in [0.2, 0.25) is 5.13 Å². The van der Waals surface area contributed by atoms with Crippen molar-refractivity contribution in [3.63, 3.8) is 0 Å². The van der Waals surface area contributed by atoms with Gasteiger partial charge in [0.15, 0.2) is 0 Å². The summed E-state index contributed by atoms with van der Waals surface area (Å²) in [5.74, 6) is 0.845. The number of benzene rings is 2. The van der Waals surface area contributed by atoms with Gasteiger partial charge in [-0.1, -0.05) is 42.5 Å². The van der Waals surface area contributed by atoms with E-state index >= 15 is 0 Å². The zero-order valence-corrected chi connectivity index (χ0v) is 14.5. The number of hydrogen-bond acceptors (Lipinski definition) is 5. The maximum absolute atomic E-state index is 5.49. The Kier molecular flexibility index (Phi) is 5.23. The number of hydrogen-bond donors (Lipinski definition) is 1. The SMILES string of the molecule is CCOc1cccc(/C=N\Nc2nc(-c3ccccc3)c(C)s2)c1. The van der Waals surface area contributed by atoms with E-state index in [4.69, 9.17) is 4.74 Å². The summed E-state index contributed by atoms with van der Waals surface area (Å²) < 4.78 is 5.49. The molecule has 0 fully saturated rings. The molecule has 0 aliphatic rings. The number of anilines is 1. The molecular weight excluding hydrogens is 318 g/mol. The summed E-state index contributed by atoms with van der Waals surface area (Å²) in [7, 11) is 0. The molecule has 3 aromatic rings. The van der Waals surface area contributed by atoms with Gasteiger partial charge in [-0.25, -0.2) is 4.98 Å². The van der Waals surface area contributed by atoms with Gasteiger partial charge >= 0.3 is 0 Å². The Morgan fingerprint density at radius 3 is 2.79 bits per heavy atom. The van der Waals surface area contributed by atoms with Gasteiger partial charge < -0.3 is 4.74 Å². The monoisotopic (exact) mass is 337 g/mol. The fraction of sp³-hybridized carbons (Fsp3) is 0.158. The minimum Gasteiger partial charge on any atom is -0.494 e. The zero-order chi connectivity index (χ0) is 16.8. The molecule has 2 aromatic carbocycles. The normalized spacial score (nSPS) is 10.9. The molecule has 0 bridgehead atoms. The first-order valence-corrected chi connectivity index (χ1v) is 8.62. The van der Waals surface area contributed by atoms with Crippen LogP contribution < -0.4 is 10.2 Å². The second kappa shape index (κ2) is 7.75. The fourth-order valence-electron chi connectivity index (χ4n) is 2.32. The van der Waals surface area contributed by atoms with E-state index in [-0.39, 0.29) is 0 Å². The predicted octanol–water partition coefficient (Wildman–Crippen LogP) is 4.96. The molecule has 0 saturated carbocycles. The standard InChI is InChI=1S/C19H19N3OS/c1-3-23-17-11-7-8-15(12-17)13-20-22-19-21-18(14(2)24-19)16-9-5-4-6-10-16/h4-13H,3H2,1-2H3,(H,21,22)/b20-13-. The molecule has 4 nitrogen and oxygen atoms in total. The molecule has 0 amide bonds. The molecule has 3 rings (SSSR count). The number of nitrogens with zero attached hydrogens (tertiary/aromatic N) is 2. The van der Waals surface area contributed by atoms with Crippen LogP contribution in [0.3, 0.4) is 0 Å². The van der Waals surface area contributed by atoms with Gasteiger partial charge in [0, 0.05) is 10.4 Å². The van der Waals surface area contributed by atoms with Crippen LogP contribution in [0.15, 0.2) is 59.7 Å². The molecule has 0 saturated heterocycles. The van der Waals surface area contributed by atoms with Crippen LogP contribution in [0.25, 0.3) is 11.3 Å². The molecule has 122 valence electrons. The quantitative estimate of drug-likeness (QED) is 0.510. The maximum Gasteiger partial charge on any atom is 0.204 e. The molecule has 1 aromatic heterocycles. The summed E-state index contributed by atoms with van der Waals surface area (Å²) >= 11 is 1.59. The van der Waals surface area contributed by atoms with Gasteiger partial charge in [-0.15, -0.1) is 11.3 Å². The van der Waals surface area contributed by atoms with Crippen LogP contribution in [0.4, 0.5) is 5.13 Å². The highest BCUT2D eigenvalue weighted by molar-refractivity contribution is 7.15. The predicted molar refractivity (Wildman–Crippen MR) is 101 cm³/mol. The van der Waals surface area contributed by atoms with E-state index in [1.165, 1.54) is 0 Å². The largest absolute Gasteiger partial charge is 0.494 e. The van der Waals surface area contributed by atoms with E-state index in [1.54, 1.807) is 17.6 Å². The summed E-state index contributed by atoms with van der Waals surface area (Å²) in [6, 6.07) is 18.0. The van der Waals surface area contributed by atoms with Crippen LogP contribution in [0.5, 0.6) is 5.75 Å². The van der Waals surface area contributed by atoms with Crippen LogP contribution in [0, 0.1) is 6.92 Å². The third-order valence-electron chi connectivity index (χ3n) is 3.39. The van der Waals surface area contributed by atoms with Crippen molar-refractivity contribution in [3.05, 3.63) is 65.0 Å². The van der Waals surface area contributed by atoms with Crippen LogP contribution >= 0.6 is 11.3 Å². The van der Waals surface area contributed by atoms with E-state index < -0.39 is 0 Å². The van der Waals surface area contributed by atoms with Crippen molar-refractivity contribution >= 4 is 22.7 Å². The van der Waals surface area contributed by atoms with Crippen LogP contribution in [-0.4, -0.2) is 17.8 Å². The van der Waals surface area contributed by atoms with Crippen molar-refractivity contribution in [3.8, 4) is 17.0 Å². The summed E-state index contributed by atoms with van der Waals surface area (Å²) in [6.07, 6.45) is 1.77. The van der Waals surface area contributed by atoms with Gasteiger partial charge in [-0.05, 0) is 31.5 Å². The van der Waals surface area contributed by atoms with Crippen LogP contribution in [-0.2, 0) is 0 Å². The number of thiazole rings is 1. The second-order valence-electron chi connectivity index (χ2n) is 5.17. The van der Waals surface area contributed by atoms with Crippen LogP contribution in [0.2, 0.25) is 0 Å². The van der Waals surface area contributed by atoms with E-state index in [1.807, 2.05) is 49.4 Å². The molecule has 24 heavy (non-hydrogen) atoms. The molecule has 5 heteroatoms. The van der Waals surface area contributed by atoms with Gasteiger partial charge in [0.1, 0.15) is 5.75 Å². The minimum atomic E-state index is 0.652. The van der Waals surface area contributed by atoms with Gasteiger partial charge in [0.05, 0.1) is 18.5 Å². The highest BCUT2D eigenvalue weighted by Gasteiger charge is 2.08. The van der Waals surface area contributed by atoms with Crippen molar-refractivity contribution in [1.82, 2.24) is 4.98 Å². The van der Waals surface area contributed by atoms with Gasteiger partial charge in [-0.2, -0.15) is 5.10 Å². The highest BCUT2D eigenvalue weighted by Crippen LogP contribution is 2.30. The minimum absolute atomic E-state index is 0.652. The Bertz CT molecular complexity index is 828.